The number of carbonyl (C=O) groups excluding carboxylic acids is 1. The molecule has 2 aromatic rings. The first-order chi connectivity index (χ1) is 10.7. The molecule has 0 saturated heterocycles. The lowest BCUT2D eigenvalue weighted by Gasteiger charge is -2.19. The van der Waals surface area contributed by atoms with E-state index in [4.69, 9.17) is 4.42 Å². The Morgan fingerprint density at radius 3 is 2.95 bits per heavy atom. The molecule has 0 spiro atoms. The second-order valence-corrected chi connectivity index (χ2v) is 4.61. The number of hydrogen-bond donors (Lipinski definition) is 2. The van der Waals surface area contributed by atoms with Gasteiger partial charge in [0.15, 0.2) is 5.76 Å². The third kappa shape index (κ3) is 2.53. The van der Waals surface area contributed by atoms with E-state index in [2.05, 4.69) is 15.8 Å². The SMILES string of the molecule is O=C(N/N=C1\CCNc2c1cccc2[N+](=O)[O-])c1ccco1. The monoisotopic (exact) mass is 300 g/mol. The maximum absolute atomic E-state index is 11.8. The van der Waals surface area contributed by atoms with Gasteiger partial charge >= 0.3 is 5.91 Å². The number of benzene rings is 1. The van der Waals surface area contributed by atoms with Crippen LogP contribution in [0, 0.1) is 10.1 Å². The molecule has 3 rings (SSSR count). The number of para-hydroxylation sites is 1. The second-order valence-electron chi connectivity index (χ2n) is 4.61. The third-order valence-corrected chi connectivity index (χ3v) is 3.25. The molecule has 2 heterocycles. The number of nitro groups is 1. The van der Waals surface area contributed by atoms with Crippen molar-refractivity contribution in [3.63, 3.8) is 0 Å². The number of nitrogens with one attached hydrogen (secondary N) is 2. The Balaban J connectivity index is 1.88. The lowest BCUT2D eigenvalue weighted by molar-refractivity contribution is -0.384. The van der Waals surface area contributed by atoms with E-state index in [1.807, 2.05) is 0 Å². The molecule has 0 bridgehead atoms. The zero-order chi connectivity index (χ0) is 15.5. The summed E-state index contributed by atoms with van der Waals surface area (Å²) in [5.74, 6) is -0.319. The van der Waals surface area contributed by atoms with Crippen molar-refractivity contribution in [1.29, 1.82) is 0 Å². The predicted molar refractivity (Wildman–Crippen MR) is 78.9 cm³/mol. The molecule has 0 aliphatic carbocycles. The number of hydrogen-bond acceptors (Lipinski definition) is 6. The highest BCUT2D eigenvalue weighted by molar-refractivity contribution is 6.08. The Bertz CT molecular complexity index is 752. The molecular formula is C14H12N4O4. The van der Waals surface area contributed by atoms with Crippen molar-refractivity contribution >= 4 is 23.0 Å². The molecule has 1 aliphatic rings. The molecule has 0 radical (unpaired) electrons. The Hall–Kier alpha value is -3.16. The Morgan fingerprint density at radius 2 is 2.23 bits per heavy atom. The number of amides is 1. The Morgan fingerprint density at radius 1 is 1.36 bits per heavy atom. The van der Waals surface area contributed by atoms with E-state index in [1.165, 1.54) is 18.4 Å². The van der Waals surface area contributed by atoms with Crippen molar-refractivity contribution in [3.05, 3.63) is 58.0 Å². The van der Waals surface area contributed by atoms with E-state index in [0.717, 1.165) is 0 Å². The number of rotatable bonds is 3. The fourth-order valence-electron chi connectivity index (χ4n) is 2.26. The average Bonchev–Trinajstić information content (AvgIpc) is 3.06. The fraction of sp³-hybridized carbons (Fsp3) is 0.143. The van der Waals surface area contributed by atoms with Crippen LogP contribution in [0.2, 0.25) is 0 Å². The minimum Gasteiger partial charge on any atom is -0.459 e. The highest BCUT2D eigenvalue weighted by atomic mass is 16.6. The molecule has 22 heavy (non-hydrogen) atoms. The number of nitrogens with zero attached hydrogens (tertiary/aromatic N) is 2. The van der Waals surface area contributed by atoms with E-state index < -0.39 is 10.8 Å². The van der Waals surface area contributed by atoms with Gasteiger partial charge in [0.05, 0.1) is 16.9 Å². The first kappa shape index (κ1) is 13.8. The number of nitro benzene ring substituents is 1. The maximum atomic E-state index is 11.8. The Labute approximate surface area is 125 Å². The molecule has 1 aromatic carbocycles. The summed E-state index contributed by atoms with van der Waals surface area (Å²) in [6.45, 7) is 0.507. The van der Waals surface area contributed by atoms with E-state index in [0.29, 0.717) is 29.9 Å². The van der Waals surface area contributed by atoms with Crippen molar-refractivity contribution in [2.45, 2.75) is 6.42 Å². The average molecular weight is 300 g/mol. The summed E-state index contributed by atoms with van der Waals surface area (Å²) in [7, 11) is 0. The van der Waals surface area contributed by atoms with Crippen LogP contribution < -0.4 is 10.7 Å². The fourth-order valence-corrected chi connectivity index (χ4v) is 2.26. The maximum Gasteiger partial charge on any atom is 0.307 e. The number of carbonyl (C=O) groups is 1. The smallest absolute Gasteiger partial charge is 0.307 e. The van der Waals surface area contributed by atoms with Crippen molar-refractivity contribution in [2.75, 3.05) is 11.9 Å². The summed E-state index contributed by atoms with van der Waals surface area (Å²) >= 11 is 0. The molecule has 0 fully saturated rings. The van der Waals surface area contributed by atoms with Gasteiger partial charge in [-0.3, -0.25) is 14.9 Å². The largest absolute Gasteiger partial charge is 0.459 e. The van der Waals surface area contributed by atoms with Crippen LogP contribution in [0.25, 0.3) is 0 Å². The molecule has 1 aromatic heterocycles. The number of fused-ring (bicyclic) bond motifs is 1. The van der Waals surface area contributed by atoms with Gasteiger partial charge < -0.3 is 9.73 Å². The lowest BCUT2D eigenvalue weighted by atomic mass is 10.0. The molecule has 112 valence electrons. The van der Waals surface area contributed by atoms with Crippen molar-refractivity contribution in [1.82, 2.24) is 5.43 Å². The van der Waals surface area contributed by atoms with Gasteiger partial charge in [0.1, 0.15) is 5.69 Å². The Kier molecular flexibility index (Phi) is 3.57. The van der Waals surface area contributed by atoms with Crippen LogP contribution in [-0.4, -0.2) is 23.1 Å². The highest BCUT2D eigenvalue weighted by Crippen LogP contribution is 2.31. The van der Waals surface area contributed by atoms with Crippen LogP contribution in [0.4, 0.5) is 11.4 Å². The number of hydrazone groups is 1. The van der Waals surface area contributed by atoms with Crippen LogP contribution in [0.1, 0.15) is 22.5 Å². The topological polar surface area (TPSA) is 110 Å². The van der Waals surface area contributed by atoms with Gasteiger partial charge in [0.2, 0.25) is 0 Å². The second kappa shape index (κ2) is 5.68. The number of anilines is 1. The zero-order valence-electron chi connectivity index (χ0n) is 11.4. The molecule has 0 atom stereocenters. The van der Waals surface area contributed by atoms with Crippen molar-refractivity contribution < 1.29 is 14.1 Å². The highest BCUT2D eigenvalue weighted by Gasteiger charge is 2.24. The van der Waals surface area contributed by atoms with Crippen LogP contribution in [0.3, 0.4) is 0 Å². The summed E-state index contributed by atoms with van der Waals surface area (Å²) in [5.41, 5.74) is 4.00. The predicted octanol–water partition coefficient (Wildman–Crippen LogP) is 2.14. The van der Waals surface area contributed by atoms with Crippen LogP contribution in [0.15, 0.2) is 46.1 Å². The quantitative estimate of drug-likeness (QED) is 0.666. The summed E-state index contributed by atoms with van der Waals surface area (Å²) < 4.78 is 4.97. The summed E-state index contributed by atoms with van der Waals surface area (Å²) in [5, 5.41) is 18.1. The van der Waals surface area contributed by atoms with Crippen molar-refractivity contribution in [3.8, 4) is 0 Å². The number of furan rings is 1. The van der Waals surface area contributed by atoms with Crippen LogP contribution in [0.5, 0.6) is 0 Å². The van der Waals surface area contributed by atoms with Gasteiger partial charge in [0, 0.05) is 24.6 Å². The summed E-state index contributed by atoms with van der Waals surface area (Å²) in [6, 6.07) is 7.87. The van der Waals surface area contributed by atoms with Gasteiger partial charge in [-0.15, -0.1) is 0 Å². The molecule has 8 heteroatoms. The first-order valence-electron chi connectivity index (χ1n) is 6.59. The van der Waals surface area contributed by atoms with Crippen molar-refractivity contribution in [2.24, 2.45) is 5.10 Å². The molecule has 1 aliphatic heterocycles. The molecule has 0 unspecified atom stereocenters. The van der Waals surface area contributed by atoms with E-state index in [-0.39, 0.29) is 11.4 Å². The molecular weight excluding hydrogens is 288 g/mol. The van der Waals surface area contributed by atoms with Crippen LogP contribution >= 0.6 is 0 Å². The van der Waals surface area contributed by atoms with E-state index >= 15 is 0 Å². The van der Waals surface area contributed by atoms with E-state index in [1.54, 1.807) is 18.2 Å². The summed E-state index contributed by atoms with van der Waals surface area (Å²) in [6.07, 6.45) is 1.94. The zero-order valence-corrected chi connectivity index (χ0v) is 11.4. The van der Waals surface area contributed by atoms with Crippen LogP contribution in [-0.2, 0) is 0 Å². The standard InChI is InChI=1S/C14H12N4O4/c19-14(12-5-2-8-22-12)17-16-10-6-7-15-13-9(10)3-1-4-11(13)18(20)21/h1-5,8,15H,6-7H2,(H,17,19)/b16-10+. The summed E-state index contributed by atoms with van der Waals surface area (Å²) in [4.78, 5) is 22.4. The van der Waals surface area contributed by atoms with Gasteiger partial charge in [-0.2, -0.15) is 5.10 Å². The van der Waals surface area contributed by atoms with Gasteiger partial charge in [-0.05, 0) is 12.1 Å². The van der Waals surface area contributed by atoms with Gasteiger partial charge in [-0.1, -0.05) is 12.1 Å². The molecule has 2 N–H and O–H groups in total. The minimum atomic E-state index is -0.469. The van der Waals surface area contributed by atoms with Gasteiger partial charge in [-0.25, -0.2) is 5.43 Å². The molecule has 1 amide bonds. The normalized spacial score (nSPS) is 15.0. The van der Waals surface area contributed by atoms with Gasteiger partial charge in [0.25, 0.3) is 5.69 Å². The minimum absolute atomic E-state index is 0.0118. The molecule has 0 saturated carbocycles. The molecule has 8 nitrogen and oxygen atoms in total. The van der Waals surface area contributed by atoms with E-state index in [9.17, 15) is 14.9 Å². The third-order valence-electron chi connectivity index (χ3n) is 3.25. The lowest BCUT2D eigenvalue weighted by Crippen LogP contribution is -2.24. The first-order valence-corrected chi connectivity index (χ1v) is 6.59.